The Balaban J connectivity index is 3.13. The van der Waals surface area contributed by atoms with Crippen molar-refractivity contribution < 1.29 is 9.84 Å². The van der Waals surface area contributed by atoms with Crippen molar-refractivity contribution >= 4 is 17.3 Å². The minimum absolute atomic E-state index is 0.233. The molecule has 0 spiro atoms. The molecule has 0 aliphatic heterocycles. The number of hydrogen-bond donors (Lipinski definition) is 2. The molecule has 1 aromatic carbocycles. The lowest BCUT2D eigenvalue weighted by atomic mass is 9.93. The van der Waals surface area contributed by atoms with Gasteiger partial charge in [-0.2, -0.15) is 0 Å². The third kappa shape index (κ3) is 4.29. The monoisotopic (exact) mass is 299 g/mol. The molecule has 1 atom stereocenters. The molecule has 0 bridgehead atoms. The van der Waals surface area contributed by atoms with Gasteiger partial charge in [-0.15, -0.1) is 11.6 Å². The molecule has 0 heterocycles. The Morgan fingerprint density at radius 2 is 1.65 bits per heavy atom. The Morgan fingerprint density at radius 3 is 2.00 bits per heavy atom. The van der Waals surface area contributed by atoms with Crippen LogP contribution in [0.1, 0.15) is 50.7 Å². The van der Waals surface area contributed by atoms with Crippen LogP contribution < -0.4 is 10.1 Å². The van der Waals surface area contributed by atoms with E-state index in [1.807, 2.05) is 0 Å². The van der Waals surface area contributed by atoms with Crippen molar-refractivity contribution in [1.82, 2.24) is 0 Å². The molecule has 1 aromatic rings. The van der Waals surface area contributed by atoms with Gasteiger partial charge in [0.2, 0.25) is 0 Å². The molecular weight excluding hydrogens is 274 g/mol. The standard InChI is InChI=1S/C16H26ClNO2/c1-10(2)14-6-12(18-9-13(19)8-17)7-15(11(3)4)16(14)20-5/h6-7,10-11,13,18-19H,8-9H2,1-5H3. The SMILES string of the molecule is COc1c(C(C)C)cc(NCC(O)CCl)cc1C(C)C. The summed E-state index contributed by atoms with van der Waals surface area (Å²) in [6.07, 6.45) is -0.538. The van der Waals surface area contributed by atoms with Gasteiger partial charge >= 0.3 is 0 Å². The minimum Gasteiger partial charge on any atom is -0.496 e. The average molecular weight is 300 g/mol. The normalized spacial score (nSPS) is 12.8. The largest absolute Gasteiger partial charge is 0.496 e. The molecule has 1 rings (SSSR count). The molecule has 4 heteroatoms. The van der Waals surface area contributed by atoms with Crippen LogP contribution in [0.5, 0.6) is 5.75 Å². The van der Waals surface area contributed by atoms with Crippen molar-refractivity contribution in [2.45, 2.75) is 45.6 Å². The minimum atomic E-state index is -0.538. The maximum absolute atomic E-state index is 9.56. The van der Waals surface area contributed by atoms with Gasteiger partial charge in [0.05, 0.1) is 19.1 Å². The number of alkyl halides is 1. The fourth-order valence-electron chi connectivity index (χ4n) is 2.16. The lowest BCUT2D eigenvalue weighted by Crippen LogP contribution is -2.21. The molecule has 1 unspecified atom stereocenters. The van der Waals surface area contributed by atoms with Gasteiger partial charge in [-0.3, -0.25) is 0 Å². The van der Waals surface area contributed by atoms with Crippen molar-refractivity contribution in [1.29, 1.82) is 0 Å². The van der Waals surface area contributed by atoms with Crippen LogP contribution in [0.25, 0.3) is 0 Å². The molecule has 0 aliphatic rings. The number of benzene rings is 1. The van der Waals surface area contributed by atoms with Crippen molar-refractivity contribution in [3.05, 3.63) is 23.3 Å². The Labute approximate surface area is 127 Å². The van der Waals surface area contributed by atoms with Crippen LogP contribution in [0.2, 0.25) is 0 Å². The van der Waals surface area contributed by atoms with Crippen molar-refractivity contribution in [2.75, 3.05) is 24.9 Å². The van der Waals surface area contributed by atoms with Gasteiger partial charge in [0.15, 0.2) is 0 Å². The van der Waals surface area contributed by atoms with Gasteiger partial charge in [-0.1, -0.05) is 27.7 Å². The quantitative estimate of drug-likeness (QED) is 0.749. The number of halogens is 1. The zero-order valence-electron chi connectivity index (χ0n) is 13.0. The Hall–Kier alpha value is -0.930. The summed E-state index contributed by atoms with van der Waals surface area (Å²) in [5.41, 5.74) is 3.37. The average Bonchev–Trinajstić information content (AvgIpc) is 2.43. The van der Waals surface area contributed by atoms with Gasteiger partial charge in [-0.25, -0.2) is 0 Å². The van der Waals surface area contributed by atoms with E-state index in [2.05, 4.69) is 45.1 Å². The highest BCUT2D eigenvalue weighted by Crippen LogP contribution is 2.37. The summed E-state index contributed by atoms with van der Waals surface area (Å²) in [5, 5.41) is 12.8. The van der Waals surface area contributed by atoms with E-state index in [1.54, 1.807) is 7.11 Å². The summed E-state index contributed by atoms with van der Waals surface area (Å²) >= 11 is 5.62. The third-order valence-electron chi connectivity index (χ3n) is 3.31. The van der Waals surface area contributed by atoms with Gasteiger partial charge < -0.3 is 15.2 Å². The molecular formula is C16H26ClNO2. The molecule has 2 N–H and O–H groups in total. The highest BCUT2D eigenvalue weighted by Gasteiger charge is 2.16. The fourth-order valence-corrected chi connectivity index (χ4v) is 2.27. The first kappa shape index (κ1) is 17.1. The molecule has 3 nitrogen and oxygen atoms in total. The van der Waals surface area contributed by atoms with E-state index in [9.17, 15) is 5.11 Å². The van der Waals surface area contributed by atoms with E-state index in [0.29, 0.717) is 18.4 Å². The van der Waals surface area contributed by atoms with E-state index in [0.717, 1.165) is 11.4 Å². The summed E-state index contributed by atoms with van der Waals surface area (Å²) in [6, 6.07) is 4.19. The topological polar surface area (TPSA) is 41.5 Å². The number of nitrogens with one attached hydrogen (secondary N) is 1. The number of aliphatic hydroxyl groups is 1. The third-order valence-corrected chi connectivity index (χ3v) is 3.67. The second-order valence-electron chi connectivity index (χ2n) is 5.69. The van der Waals surface area contributed by atoms with Crippen molar-refractivity contribution in [3.63, 3.8) is 0 Å². The molecule has 0 aromatic heterocycles. The summed E-state index contributed by atoms with van der Waals surface area (Å²) in [5.74, 6) is 1.96. The predicted octanol–water partition coefficient (Wildman–Crippen LogP) is 3.95. The van der Waals surface area contributed by atoms with Crippen molar-refractivity contribution in [2.24, 2.45) is 0 Å². The van der Waals surface area contributed by atoms with Crippen LogP contribution in [0.4, 0.5) is 5.69 Å². The Bertz CT molecular complexity index is 403. The van der Waals surface area contributed by atoms with Crippen LogP contribution >= 0.6 is 11.6 Å². The number of aliphatic hydroxyl groups excluding tert-OH is 1. The summed E-state index contributed by atoms with van der Waals surface area (Å²) in [7, 11) is 1.72. The predicted molar refractivity (Wildman–Crippen MR) is 86.4 cm³/mol. The number of hydrogen-bond acceptors (Lipinski definition) is 3. The van der Waals surface area contributed by atoms with Crippen LogP contribution in [0.3, 0.4) is 0 Å². The van der Waals surface area contributed by atoms with Crippen molar-refractivity contribution in [3.8, 4) is 5.75 Å². The number of ether oxygens (including phenoxy) is 1. The van der Waals surface area contributed by atoms with Gasteiger partial charge in [0, 0.05) is 12.2 Å². The molecule has 0 fully saturated rings. The van der Waals surface area contributed by atoms with E-state index in [1.165, 1.54) is 11.1 Å². The van der Waals surface area contributed by atoms with Crippen LogP contribution in [0, 0.1) is 0 Å². The number of methoxy groups -OCH3 is 1. The second kappa shape index (κ2) is 7.75. The second-order valence-corrected chi connectivity index (χ2v) is 5.99. The summed E-state index contributed by atoms with van der Waals surface area (Å²) in [4.78, 5) is 0. The summed E-state index contributed by atoms with van der Waals surface area (Å²) in [6.45, 7) is 9.06. The smallest absolute Gasteiger partial charge is 0.125 e. The molecule has 20 heavy (non-hydrogen) atoms. The summed E-state index contributed by atoms with van der Waals surface area (Å²) < 4.78 is 5.60. The maximum Gasteiger partial charge on any atom is 0.125 e. The zero-order valence-corrected chi connectivity index (χ0v) is 13.8. The highest BCUT2D eigenvalue weighted by molar-refractivity contribution is 6.18. The van der Waals surface area contributed by atoms with E-state index in [-0.39, 0.29) is 5.88 Å². The molecule has 0 saturated heterocycles. The fraction of sp³-hybridized carbons (Fsp3) is 0.625. The molecule has 0 saturated carbocycles. The van der Waals surface area contributed by atoms with E-state index >= 15 is 0 Å². The first-order valence-corrected chi connectivity index (χ1v) is 7.63. The lowest BCUT2D eigenvalue weighted by Gasteiger charge is -2.21. The van der Waals surface area contributed by atoms with Gasteiger partial charge in [-0.05, 0) is 35.1 Å². The van der Waals surface area contributed by atoms with Crippen LogP contribution in [-0.2, 0) is 0 Å². The molecule has 0 amide bonds. The Morgan fingerprint density at radius 1 is 1.15 bits per heavy atom. The van der Waals surface area contributed by atoms with E-state index in [4.69, 9.17) is 16.3 Å². The first-order chi connectivity index (χ1) is 9.40. The van der Waals surface area contributed by atoms with Crippen LogP contribution in [-0.4, -0.2) is 30.7 Å². The molecule has 0 radical (unpaired) electrons. The molecule has 0 aliphatic carbocycles. The number of anilines is 1. The lowest BCUT2D eigenvalue weighted by molar-refractivity contribution is 0.211. The van der Waals surface area contributed by atoms with Gasteiger partial charge in [0.1, 0.15) is 5.75 Å². The van der Waals surface area contributed by atoms with E-state index < -0.39 is 6.10 Å². The maximum atomic E-state index is 9.56. The highest BCUT2D eigenvalue weighted by atomic mass is 35.5. The van der Waals surface area contributed by atoms with Gasteiger partial charge in [0.25, 0.3) is 0 Å². The number of rotatable bonds is 7. The first-order valence-electron chi connectivity index (χ1n) is 7.10. The zero-order chi connectivity index (χ0) is 15.3. The van der Waals surface area contributed by atoms with Crippen LogP contribution in [0.15, 0.2) is 12.1 Å². The Kier molecular flexibility index (Phi) is 6.63. The molecule has 114 valence electrons.